The molecule has 1 atom stereocenters. The van der Waals surface area contributed by atoms with Crippen molar-refractivity contribution in [2.75, 3.05) is 0 Å². The summed E-state index contributed by atoms with van der Waals surface area (Å²) < 4.78 is 52.7. The first kappa shape index (κ1) is 16.3. The molecule has 0 heterocycles. The Hall–Kier alpha value is -1.06. The summed E-state index contributed by atoms with van der Waals surface area (Å²) in [5, 5.41) is 0. The molecule has 1 aliphatic rings. The van der Waals surface area contributed by atoms with Crippen molar-refractivity contribution in [1.82, 2.24) is 0 Å². The van der Waals surface area contributed by atoms with Crippen LogP contribution in [-0.4, -0.2) is 6.17 Å². The van der Waals surface area contributed by atoms with Crippen LogP contribution in [0.3, 0.4) is 0 Å². The largest absolute Gasteiger partial charge is 0.248 e. The molecule has 1 aliphatic carbocycles. The molecule has 118 valence electrons. The normalized spacial score (nSPS) is 24.0. The molecule has 0 N–H and O–H groups in total. The van der Waals surface area contributed by atoms with E-state index < -0.39 is 23.6 Å². The van der Waals surface area contributed by atoms with Gasteiger partial charge in [0.1, 0.15) is 0 Å². The molecule has 0 bridgehead atoms. The average molecular weight is 302 g/mol. The second kappa shape index (κ2) is 7.28. The van der Waals surface area contributed by atoms with E-state index >= 15 is 0 Å². The number of hydrogen-bond acceptors (Lipinski definition) is 0. The standard InChI is InChI=1S/C17H22F4/c1-2-14(18)8-5-11-3-6-12(7-4-11)13-9-15(19)17(21)16(20)10-13/h9-12,14H,2-8H2,1H3/t11-,12-,14?. The zero-order valence-electron chi connectivity index (χ0n) is 12.3. The van der Waals surface area contributed by atoms with Crippen LogP contribution in [0.1, 0.15) is 63.4 Å². The summed E-state index contributed by atoms with van der Waals surface area (Å²) in [6, 6.07) is 2.22. The van der Waals surface area contributed by atoms with E-state index in [4.69, 9.17) is 0 Å². The number of halogens is 4. The van der Waals surface area contributed by atoms with E-state index in [1.807, 2.05) is 6.92 Å². The fourth-order valence-electron chi connectivity index (χ4n) is 3.22. The van der Waals surface area contributed by atoms with Crippen LogP contribution in [0.15, 0.2) is 12.1 Å². The third-order valence-electron chi connectivity index (χ3n) is 4.66. The first-order chi connectivity index (χ1) is 10.0. The van der Waals surface area contributed by atoms with Crippen molar-refractivity contribution < 1.29 is 17.6 Å². The van der Waals surface area contributed by atoms with Crippen molar-refractivity contribution in [3.05, 3.63) is 35.1 Å². The Morgan fingerprint density at radius 2 is 1.62 bits per heavy atom. The Labute approximate surface area is 123 Å². The van der Waals surface area contributed by atoms with Crippen LogP contribution in [-0.2, 0) is 0 Å². The van der Waals surface area contributed by atoms with Gasteiger partial charge < -0.3 is 0 Å². The van der Waals surface area contributed by atoms with Crippen LogP contribution in [0.2, 0.25) is 0 Å². The Bertz CT molecular complexity index is 441. The van der Waals surface area contributed by atoms with Gasteiger partial charge in [0.25, 0.3) is 0 Å². The van der Waals surface area contributed by atoms with Crippen molar-refractivity contribution >= 4 is 0 Å². The molecule has 0 spiro atoms. The maximum Gasteiger partial charge on any atom is 0.194 e. The molecule has 1 aromatic rings. The lowest BCUT2D eigenvalue weighted by Crippen LogP contribution is -2.15. The lowest BCUT2D eigenvalue weighted by molar-refractivity contribution is 0.246. The van der Waals surface area contributed by atoms with E-state index in [-0.39, 0.29) is 5.92 Å². The Morgan fingerprint density at radius 1 is 1.05 bits per heavy atom. The zero-order chi connectivity index (χ0) is 15.4. The molecule has 0 nitrogen and oxygen atoms in total. The van der Waals surface area contributed by atoms with Gasteiger partial charge in [-0.15, -0.1) is 0 Å². The highest BCUT2D eigenvalue weighted by Crippen LogP contribution is 2.38. The van der Waals surface area contributed by atoms with E-state index in [1.54, 1.807) is 0 Å². The van der Waals surface area contributed by atoms with Crippen LogP contribution in [0.4, 0.5) is 17.6 Å². The number of rotatable bonds is 5. The number of benzene rings is 1. The summed E-state index contributed by atoms with van der Waals surface area (Å²) in [6.07, 6.45) is 4.88. The SMILES string of the molecule is CCC(F)CC[C@H]1CC[C@H](c2cc(F)c(F)c(F)c2)CC1. The molecular formula is C17H22F4. The van der Waals surface area contributed by atoms with Gasteiger partial charge in [-0.1, -0.05) is 6.92 Å². The highest BCUT2D eigenvalue weighted by atomic mass is 19.2. The van der Waals surface area contributed by atoms with Crippen molar-refractivity contribution in [3.8, 4) is 0 Å². The van der Waals surface area contributed by atoms with Crippen LogP contribution in [0.25, 0.3) is 0 Å². The third-order valence-corrected chi connectivity index (χ3v) is 4.66. The molecule has 0 aromatic heterocycles. The zero-order valence-corrected chi connectivity index (χ0v) is 12.3. The summed E-state index contributed by atoms with van der Waals surface area (Å²) in [6.45, 7) is 1.85. The highest BCUT2D eigenvalue weighted by molar-refractivity contribution is 5.23. The van der Waals surface area contributed by atoms with E-state index in [0.29, 0.717) is 24.3 Å². The van der Waals surface area contributed by atoms with Crippen molar-refractivity contribution in [3.63, 3.8) is 0 Å². The van der Waals surface area contributed by atoms with Gasteiger partial charge in [-0.2, -0.15) is 0 Å². The van der Waals surface area contributed by atoms with E-state index in [9.17, 15) is 17.6 Å². The molecule has 1 unspecified atom stereocenters. The van der Waals surface area contributed by atoms with Gasteiger partial charge in [0.05, 0.1) is 6.17 Å². The van der Waals surface area contributed by atoms with Crippen molar-refractivity contribution in [1.29, 1.82) is 0 Å². The van der Waals surface area contributed by atoms with Gasteiger partial charge in [-0.3, -0.25) is 0 Å². The second-order valence-corrected chi connectivity index (χ2v) is 6.10. The minimum Gasteiger partial charge on any atom is -0.248 e. The van der Waals surface area contributed by atoms with Crippen molar-refractivity contribution in [2.24, 2.45) is 5.92 Å². The molecule has 1 fully saturated rings. The fourth-order valence-corrected chi connectivity index (χ4v) is 3.22. The van der Waals surface area contributed by atoms with Crippen LogP contribution in [0, 0.1) is 23.4 Å². The maximum absolute atomic E-state index is 13.3. The summed E-state index contributed by atoms with van der Waals surface area (Å²) in [4.78, 5) is 0. The Morgan fingerprint density at radius 3 is 2.14 bits per heavy atom. The Balaban J connectivity index is 1.89. The first-order valence-corrected chi connectivity index (χ1v) is 7.79. The van der Waals surface area contributed by atoms with Crippen molar-refractivity contribution in [2.45, 2.75) is 64.0 Å². The van der Waals surface area contributed by atoms with Gasteiger partial charge in [0.15, 0.2) is 17.5 Å². The Kier molecular flexibility index (Phi) is 5.65. The molecule has 1 saturated carbocycles. The lowest BCUT2D eigenvalue weighted by atomic mass is 9.77. The smallest absolute Gasteiger partial charge is 0.194 e. The predicted molar refractivity (Wildman–Crippen MR) is 75.4 cm³/mol. The monoisotopic (exact) mass is 302 g/mol. The topological polar surface area (TPSA) is 0 Å². The highest BCUT2D eigenvalue weighted by Gasteiger charge is 2.24. The van der Waals surface area contributed by atoms with Crippen LogP contribution in [0.5, 0.6) is 0 Å². The molecular weight excluding hydrogens is 280 g/mol. The maximum atomic E-state index is 13.3. The van der Waals surface area contributed by atoms with Gasteiger partial charge in [-0.05, 0) is 74.5 Å². The molecule has 2 rings (SSSR count). The summed E-state index contributed by atoms with van der Waals surface area (Å²) >= 11 is 0. The summed E-state index contributed by atoms with van der Waals surface area (Å²) in [5.41, 5.74) is 0.543. The van der Waals surface area contributed by atoms with Gasteiger partial charge >= 0.3 is 0 Å². The predicted octanol–water partition coefficient (Wildman–Crippen LogP) is 5.91. The van der Waals surface area contributed by atoms with Gasteiger partial charge in [0.2, 0.25) is 0 Å². The average Bonchev–Trinajstić information content (AvgIpc) is 2.50. The first-order valence-electron chi connectivity index (χ1n) is 7.79. The lowest BCUT2D eigenvalue weighted by Gasteiger charge is -2.29. The quantitative estimate of drug-likeness (QED) is 0.469. The second-order valence-electron chi connectivity index (χ2n) is 6.10. The molecule has 0 aliphatic heterocycles. The molecule has 1 aromatic carbocycles. The minimum absolute atomic E-state index is 0.0817. The number of hydrogen-bond donors (Lipinski definition) is 0. The van der Waals surface area contributed by atoms with E-state index in [0.717, 1.165) is 44.2 Å². The van der Waals surface area contributed by atoms with Gasteiger partial charge in [0, 0.05) is 0 Å². The van der Waals surface area contributed by atoms with Crippen LogP contribution < -0.4 is 0 Å². The fraction of sp³-hybridized carbons (Fsp3) is 0.647. The minimum atomic E-state index is -1.40. The molecule has 0 radical (unpaired) electrons. The van der Waals surface area contributed by atoms with Gasteiger partial charge in [-0.25, -0.2) is 17.6 Å². The summed E-state index contributed by atoms with van der Waals surface area (Å²) in [5.74, 6) is -3.05. The number of alkyl halides is 1. The van der Waals surface area contributed by atoms with Crippen LogP contribution >= 0.6 is 0 Å². The third kappa shape index (κ3) is 4.21. The molecule has 4 heteroatoms. The molecule has 0 amide bonds. The molecule has 21 heavy (non-hydrogen) atoms. The summed E-state index contributed by atoms with van der Waals surface area (Å²) in [7, 11) is 0. The molecule has 0 saturated heterocycles. The van der Waals surface area contributed by atoms with E-state index in [2.05, 4.69) is 0 Å². The van der Waals surface area contributed by atoms with E-state index in [1.165, 1.54) is 0 Å².